The molecule has 0 spiro atoms. The summed E-state index contributed by atoms with van der Waals surface area (Å²) in [6.07, 6.45) is 0. The minimum absolute atomic E-state index is 0.0826. The summed E-state index contributed by atoms with van der Waals surface area (Å²) in [4.78, 5) is 10.7. The van der Waals surface area contributed by atoms with Crippen molar-refractivity contribution < 1.29 is 4.92 Å². The Kier molecular flexibility index (Phi) is 5.50. The summed E-state index contributed by atoms with van der Waals surface area (Å²) in [6, 6.07) is 13.0. The van der Waals surface area contributed by atoms with Crippen molar-refractivity contribution in [3.8, 4) is 0 Å². The van der Waals surface area contributed by atoms with Crippen molar-refractivity contribution in [2.75, 3.05) is 0 Å². The smallest absolute Gasteiger partial charge is 0.273 e. The molecule has 0 aliphatic carbocycles. The second kappa shape index (κ2) is 7.15. The molecule has 0 radical (unpaired) electrons. The number of nitrogens with zero attached hydrogens (tertiary/aromatic N) is 1. The third kappa shape index (κ3) is 4.12. The standard InChI is InChI=1S/C15H14Br2N2O2/c1-10(13-4-2-3-5-14(13)17)18-9-11-8-12(16)6-7-15(11)19(20)21/h2-8,10,18H,9H2,1H3/t10-/m1/s1. The van der Waals surface area contributed by atoms with Crippen molar-refractivity contribution in [2.45, 2.75) is 19.5 Å². The Morgan fingerprint density at radius 2 is 1.95 bits per heavy atom. The van der Waals surface area contributed by atoms with E-state index in [4.69, 9.17) is 0 Å². The molecule has 0 unspecified atom stereocenters. The second-order valence-corrected chi connectivity index (χ2v) is 6.42. The van der Waals surface area contributed by atoms with Gasteiger partial charge in [0.15, 0.2) is 0 Å². The van der Waals surface area contributed by atoms with Crippen molar-refractivity contribution in [2.24, 2.45) is 0 Å². The fraction of sp³-hybridized carbons (Fsp3) is 0.200. The molecule has 0 aromatic heterocycles. The molecule has 2 rings (SSSR count). The summed E-state index contributed by atoms with van der Waals surface area (Å²) in [7, 11) is 0. The molecule has 110 valence electrons. The van der Waals surface area contributed by atoms with E-state index in [-0.39, 0.29) is 16.7 Å². The third-order valence-electron chi connectivity index (χ3n) is 3.21. The van der Waals surface area contributed by atoms with E-state index < -0.39 is 0 Å². The SMILES string of the molecule is C[C@@H](NCc1cc(Br)ccc1[N+](=O)[O-])c1ccccc1Br. The molecule has 0 bridgehead atoms. The lowest BCUT2D eigenvalue weighted by molar-refractivity contribution is -0.385. The van der Waals surface area contributed by atoms with Crippen molar-refractivity contribution in [1.29, 1.82) is 0 Å². The number of benzene rings is 2. The summed E-state index contributed by atoms with van der Waals surface area (Å²) in [5.74, 6) is 0. The van der Waals surface area contributed by atoms with Gasteiger partial charge in [-0.2, -0.15) is 0 Å². The highest BCUT2D eigenvalue weighted by atomic mass is 79.9. The van der Waals surface area contributed by atoms with E-state index in [1.54, 1.807) is 12.1 Å². The molecule has 0 fully saturated rings. The van der Waals surface area contributed by atoms with Crippen LogP contribution in [0.15, 0.2) is 51.4 Å². The molecule has 4 nitrogen and oxygen atoms in total. The van der Waals surface area contributed by atoms with Gasteiger partial charge in [-0.05, 0) is 30.7 Å². The van der Waals surface area contributed by atoms with E-state index >= 15 is 0 Å². The second-order valence-electron chi connectivity index (χ2n) is 4.65. The predicted octanol–water partition coefficient (Wildman–Crippen LogP) is 4.97. The van der Waals surface area contributed by atoms with E-state index in [9.17, 15) is 10.1 Å². The van der Waals surface area contributed by atoms with Crippen LogP contribution in [0.3, 0.4) is 0 Å². The maximum absolute atomic E-state index is 11.1. The summed E-state index contributed by atoms with van der Waals surface area (Å²) in [5.41, 5.74) is 1.91. The van der Waals surface area contributed by atoms with Crippen molar-refractivity contribution in [1.82, 2.24) is 5.32 Å². The minimum Gasteiger partial charge on any atom is -0.306 e. The van der Waals surface area contributed by atoms with Crippen molar-refractivity contribution in [3.05, 3.63) is 72.7 Å². The molecule has 6 heteroatoms. The lowest BCUT2D eigenvalue weighted by Gasteiger charge is -2.16. The molecule has 1 atom stereocenters. The molecule has 0 saturated carbocycles. The van der Waals surface area contributed by atoms with E-state index in [1.807, 2.05) is 31.2 Å². The normalized spacial score (nSPS) is 12.1. The molecule has 0 heterocycles. The van der Waals surface area contributed by atoms with Gasteiger partial charge in [-0.3, -0.25) is 10.1 Å². The minimum atomic E-state index is -0.355. The zero-order valence-corrected chi connectivity index (χ0v) is 14.5. The topological polar surface area (TPSA) is 55.2 Å². The first-order valence-electron chi connectivity index (χ1n) is 6.39. The van der Waals surface area contributed by atoms with Gasteiger partial charge in [0.25, 0.3) is 5.69 Å². The Balaban J connectivity index is 2.15. The number of nitro groups is 1. The highest BCUT2D eigenvalue weighted by Crippen LogP contribution is 2.26. The molecule has 1 N–H and O–H groups in total. The highest BCUT2D eigenvalue weighted by molar-refractivity contribution is 9.10. The Bertz CT molecular complexity index is 662. The zero-order chi connectivity index (χ0) is 15.4. The van der Waals surface area contributed by atoms with E-state index in [0.717, 1.165) is 14.5 Å². The van der Waals surface area contributed by atoms with Gasteiger partial charge < -0.3 is 5.32 Å². The molecule has 0 aliphatic rings. The van der Waals surface area contributed by atoms with Crippen molar-refractivity contribution >= 4 is 37.5 Å². The number of nitrogens with one attached hydrogen (secondary N) is 1. The number of nitro benzene ring substituents is 1. The summed E-state index contributed by atoms with van der Waals surface area (Å²) in [6.45, 7) is 2.46. The van der Waals surface area contributed by atoms with Crippen LogP contribution < -0.4 is 5.32 Å². The van der Waals surface area contributed by atoms with Crippen LogP contribution in [-0.2, 0) is 6.54 Å². The quantitative estimate of drug-likeness (QED) is 0.556. The lowest BCUT2D eigenvalue weighted by Crippen LogP contribution is -2.19. The maximum Gasteiger partial charge on any atom is 0.273 e. The first kappa shape index (κ1) is 16.1. The van der Waals surface area contributed by atoms with Crippen LogP contribution in [-0.4, -0.2) is 4.92 Å². The predicted molar refractivity (Wildman–Crippen MR) is 90.2 cm³/mol. The Morgan fingerprint density at radius 1 is 1.24 bits per heavy atom. The van der Waals surface area contributed by atoms with Crippen LogP contribution in [0, 0.1) is 10.1 Å². The fourth-order valence-corrected chi connectivity index (χ4v) is 3.11. The van der Waals surface area contributed by atoms with Gasteiger partial charge in [0.05, 0.1) is 4.92 Å². The summed E-state index contributed by atoms with van der Waals surface area (Å²) in [5, 5.41) is 14.4. The number of hydrogen-bond acceptors (Lipinski definition) is 3. The highest BCUT2D eigenvalue weighted by Gasteiger charge is 2.15. The summed E-state index contributed by atoms with van der Waals surface area (Å²) >= 11 is 6.87. The Labute approximate surface area is 140 Å². The van der Waals surface area contributed by atoms with Crippen molar-refractivity contribution in [3.63, 3.8) is 0 Å². The van der Waals surface area contributed by atoms with Crippen LogP contribution >= 0.6 is 31.9 Å². The van der Waals surface area contributed by atoms with E-state index in [0.29, 0.717) is 12.1 Å². The Hall–Kier alpha value is -1.24. The van der Waals surface area contributed by atoms with E-state index in [2.05, 4.69) is 37.2 Å². The van der Waals surface area contributed by atoms with E-state index in [1.165, 1.54) is 6.07 Å². The lowest BCUT2D eigenvalue weighted by atomic mass is 10.1. The molecule has 0 amide bonds. The maximum atomic E-state index is 11.1. The third-order valence-corrected chi connectivity index (χ3v) is 4.42. The molecule has 2 aromatic carbocycles. The zero-order valence-electron chi connectivity index (χ0n) is 11.3. The van der Waals surface area contributed by atoms with Gasteiger partial charge in [-0.15, -0.1) is 0 Å². The van der Waals surface area contributed by atoms with Crippen LogP contribution in [0.4, 0.5) is 5.69 Å². The molecule has 0 saturated heterocycles. The van der Waals surface area contributed by atoms with Gasteiger partial charge >= 0.3 is 0 Å². The van der Waals surface area contributed by atoms with Crippen LogP contribution in [0.5, 0.6) is 0 Å². The number of rotatable bonds is 5. The van der Waals surface area contributed by atoms with Gasteiger partial charge in [0, 0.05) is 33.2 Å². The van der Waals surface area contributed by atoms with Gasteiger partial charge in [0.2, 0.25) is 0 Å². The molecule has 21 heavy (non-hydrogen) atoms. The monoisotopic (exact) mass is 412 g/mol. The van der Waals surface area contributed by atoms with Gasteiger partial charge in [-0.1, -0.05) is 50.1 Å². The molecular formula is C15H14Br2N2O2. The first-order valence-corrected chi connectivity index (χ1v) is 7.98. The van der Waals surface area contributed by atoms with Gasteiger partial charge in [-0.25, -0.2) is 0 Å². The van der Waals surface area contributed by atoms with Gasteiger partial charge in [0.1, 0.15) is 0 Å². The number of hydrogen-bond donors (Lipinski definition) is 1. The van der Waals surface area contributed by atoms with Crippen LogP contribution in [0.1, 0.15) is 24.1 Å². The summed E-state index contributed by atoms with van der Waals surface area (Å²) < 4.78 is 1.85. The molecular weight excluding hydrogens is 400 g/mol. The first-order chi connectivity index (χ1) is 9.99. The van der Waals surface area contributed by atoms with Crippen LogP contribution in [0.25, 0.3) is 0 Å². The largest absolute Gasteiger partial charge is 0.306 e. The molecule has 2 aromatic rings. The molecule has 0 aliphatic heterocycles. The van der Waals surface area contributed by atoms with Crippen LogP contribution in [0.2, 0.25) is 0 Å². The average Bonchev–Trinajstić information content (AvgIpc) is 2.45. The number of halogens is 2. The Morgan fingerprint density at radius 3 is 2.62 bits per heavy atom. The average molecular weight is 414 g/mol. The fourth-order valence-electron chi connectivity index (χ4n) is 2.07.